The summed E-state index contributed by atoms with van der Waals surface area (Å²) in [4.78, 5) is 38.4. The van der Waals surface area contributed by atoms with Gasteiger partial charge < -0.3 is 19.5 Å². The molecule has 0 aliphatic rings. The van der Waals surface area contributed by atoms with Gasteiger partial charge in [-0.25, -0.2) is 9.59 Å². The molecule has 1 aromatic carbocycles. The zero-order valence-electron chi connectivity index (χ0n) is 17.8. The van der Waals surface area contributed by atoms with Crippen LogP contribution in [0.4, 0.5) is 4.79 Å². The third-order valence-corrected chi connectivity index (χ3v) is 3.97. The minimum Gasteiger partial charge on any atom is -0.496 e. The van der Waals surface area contributed by atoms with Crippen LogP contribution in [0.2, 0.25) is 0 Å². The zero-order valence-corrected chi connectivity index (χ0v) is 17.8. The highest BCUT2D eigenvalue weighted by Gasteiger charge is 2.33. The molecule has 0 aliphatic heterocycles. The van der Waals surface area contributed by atoms with Gasteiger partial charge in [0.15, 0.2) is 0 Å². The second-order valence-electron chi connectivity index (χ2n) is 7.48. The Hall–Kier alpha value is -2.77. The lowest BCUT2D eigenvalue weighted by Gasteiger charge is -2.31. The monoisotopic (exact) mass is 394 g/mol. The van der Waals surface area contributed by atoms with Crippen molar-refractivity contribution >= 4 is 18.0 Å². The zero-order chi connectivity index (χ0) is 21.6. The number of carbonyl (C=O) groups excluding carboxylic acids is 3. The van der Waals surface area contributed by atoms with E-state index in [1.165, 1.54) is 26.0 Å². The van der Waals surface area contributed by atoms with Gasteiger partial charge in [-0.3, -0.25) is 9.69 Å². The number of ether oxygens (including phenoxy) is 3. The van der Waals surface area contributed by atoms with E-state index in [4.69, 9.17) is 9.47 Å². The van der Waals surface area contributed by atoms with E-state index in [9.17, 15) is 14.4 Å². The van der Waals surface area contributed by atoms with E-state index >= 15 is 0 Å². The molecular weight excluding hydrogens is 364 g/mol. The number of hydrogen-bond donors (Lipinski definition) is 1. The van der Waals surface area contributed by atoms with Crippen LogP contribution in [0, 0.1) is 6.92 Å². The number of rotatable bonds is 6. The molecular formula is C20H30N2O6. The van der Waals surface area contributed by atoms with Gasteiger partial charge in [-0.05, 0) is 57.9 Å². The first-order valence-electron chi connectivity index (χ1n) is 8.89. The van der Waals surface area contributed by atoms with Crippen LogP contribution < -0.4 is 10.1 Å². The van der Waals surface area contributed by atoms with E-state index in [1.807, 2.05) is 6.92 Å². The van der Waals surface area contributed by atoms with Crippen molar-refractivity contribution in [3.63, 3.8) is 0 Å². The summed E-state index contributed by atoms with van der Waals surface area (Å²) < 4.78 is 15.3. The standard InChI is InChI=1S/C20H30N2O6/c1-12-11-14(9-10-15(12)26-7)16(17(23)21-13(2)18(24)27-8)22(6)19(25)28-20(3,4)5/h9-11,13,16H,1-8H3,(H,21,23)/t13-,16-/m0/s1. The fraction of sp³-hybridized carbons (Fsp3) is 0.550. The van der Waals surface area contributed by atoms with Crippen molar-refractivity contribution in [3.05, 3.63) is 29.3 Å². The van der Waals surface area contributed by atoms with Gasteiger partial charge in [0.2, 0.25) is 5.91 Å². The van der Waals surface area contributed by atoms with Crippen LogP contribution in [0.5, 0.6) is 5.75 Å². The molecule has 0 unspecified atom stereocenters. The van der Waals surface area contributed by atoms with Gasteiger partial charge in [0.1, 0.15) is 23.4 Å². The Balaban J connectivity index is 3.26. The van der Waals surface area contributed by atoms with Crippen LogP contribution in [0.3, 0.4) is 0 Å². The van der Waals surface area contributed by atoms with Crippen LogP contribution in [0.15, 0.2) is 18.2 Å². The Morgan fingerprint density at radius 1 is 1.14 bits per heavy atom. The van der Waals surface area contributed by atoms with Crippen molar-refractivity contribution in [3.8, 4) is 5.75 Å². The van der Waals surface area contributed by atoms with Crippen molar-refractivity contribution in [1.82, 2.24) is 10.2 Å². The molecule has 8 nitrogen and oxygen atoms in total. The Bertz CT molecular complexity index is 726. The summed E-state index contributed by atoms with van der Waals surface area (Å²) in [6, 6.07) is 3.29. The molecule has 156 valence electrons. The average Bonchev–Trinajstić information content (AvgIpc) is 2.59. The van der Waals surface area contributed by atoms with Gasteiger partial charge in [0.25, 0.3) is 0 Å². The summed E-state index contributed by atoms with van der Waals surface area (Å²) in [7, 11) is 4.26. The summed E-state index contributed by atoms with van der Waals surface area (Å²) in [5.74, 6) is -0.459. The number of amides is 2. The predicted molar refractivity (Wildman–Crippen MR) is 104 cm³/mol. The molecule has 2 amide bonds. The van der Waals surface area contributed by atoms with E-state index in [1.54, 1.807) is 46.1 Å². The van der Waals surface area contributed by atoms with E-state index in [0.717, 1.165) is 5.56 Å². The molecule has 0 aliphatic carbocycles. The number of nitrogens with zero attached hydrogens (tertiary/aromatic N) is 1. The van der Waals surface area contributed by atoms with E-state index in [2.05, 4.69) is 10.1 Å². The minimum absolute atomic E-state index is 0.532. The van der Waals surface area contributed by atoms with Gasteiger partial charge in [-0.1, -0.05) is 6.07 Å². The van der Waals surface area contributed by atoms with Crippen LogP contribution in [0.1, 0.15) is 44.9 Å². The van der Waals surface area contributed by atoms with Crippen LogP contribution in [-0.2, 0) is 19.1 Å². The fourth-order valence-corrected chi connectivity index (χ4v) is 2.59. The first-order valence-corrected chi connectivity index (χ1v) is 8.89. The highest BCUT2D eigenvalue weighted by molar-refractivity contribution is 5.90. The number of benzene rings is 1. The van der Waals surface area contributed by atoms with Gasteiger partial charge in [-0.15, -0.1) is 0 Å². The van der Waals surface area contributed by atoms with Crippen LogP contribution in [0.25, 0.3) is 0 Å². The minimum atomic E-state index is -1.01. The summed E-state index contributed by atoms with van der Waals surface area (Å²) in [6.45, 7) is 8.56. The summed E-state index contributed by atoms with van der Waals surface area (Å²) in [5, 5.41) is 2.58. The van der Waals surface area contributed by atoms with Gasteiger partial charge in [0.05, 0.1) is 14.2 Å². The Kier molecular flexibility index (Phi) is 7.84. The molecule has 8 heteroatoms. The van der Waals surface area contributed by atoms with Crippen LogP contribution >= 0.6 is 0 Å². The highest BCUT2D eigenvalue weighted by atomic mass is 16.6. The van der Waals surface area contributed by atoms with Crippen molar-refractivity contribution in [2.24, 2.45) is 0 Å². The smallest absolute Gasteiger partial charge is 0.410 e. The summed E-state index contributed by atoms with van der Waals surface area (Å²) >= 11 is 0. The maximum atomic E-state index is 13.0. The topological polar surface area (TPSA) is 94.2 Å². The number of aryl methyl sites for hydroxylation is 1. The van der Waals surface area contributed by atoms with Crippen LogP contribution in [-0.4, -0.2) is 55.8 Å². The maximum absolute atomic E-state index is 13.0. The molecule has 0 saturated carbocycles. The van der Waals surface area contributed by atoms with E-state index in [0.29, 0.717) is 11.3 Å². The van der Waals surface area contributed by atoms with Crippen molar-refractivity contribution < 1.29 is 28.6 Å². The summed E-state index contributed by atoms with van der Waals surface area (Å²) in [6.07, 6.45) is -0.660. The molecule has 1 N–H and O–H groups in total. The highest BCUT2D eigenvalue weighted by Crippen LogP contribution is 2.27. The Morgan fingerprint density at radius 2 is 1.75 bits per heavy atom. The van der Waals surface area contributed by atoms with Gasteiger partial charge >= 0.3 is 12.1 Å². The Labute approximate surface area is 166 Å². The molecule has 28 heavy (non-hydrogen) atoms. The molecule has 2 atom stereocenters. The molecule has 1 rings (SSSR count). The molecule has 0 spiro atoms. The third kappa shape index (κ3) is 6.14. The number of nitrogens with one attached hydrogen (secondary N) is 1. The van der Waals surface area contributed by atoms with Crippen molar-refractivity contribution in [2.75, 3.05) is 21.3 Å². The SMILES string of the molecule is COC(=O)[C@H](C)NC(=O)[C@H](c1ccc(OC)c(C)c1)N(C)C(=O)OC(C)(C)C. The largest absolute Gasteiger partial charge is 0.496 e. The van der Waals surface area contributed by atoms with Gasteiger partial charge in [-0.2, -0.15) is 0 Å². The second-order valence-corrected chi connectivity index (χ2v) is 7.48. The molecule has 0 radical (unpaired) electrons. The molecule has 0 saturated heterocycles. The van der Waals surface area contributed by atoms with Crippen molar-refractivity contribution in [1.29, 1.82) is 0 Å². The summed E-state index contributed by atoms with van der Waals surface area (Å²) in [5.41, 5.74) is 0.638. The lowest BCUT2D eigenvalue weighted by Crippen LogP contribution is -2.47. The molecule has 0 bridgehead atoms. The maximum Gasteiger partial charge on any atom is 0.410 e. The number of carbonyl (C=O) groups is 3. The number of hydrogen-bond acceptors (Lipinski definition) is 6. The van der Waals surface area contributed by atoms with Crippen molar-refractivity contribution in [2.45, 2.75) is 52.3 Å². The quantitative estimate of drug-likeness (QED) is 0.746. The predicted octanol–water partition coefficient (Wildman–Crippen LogP) is 2.59. The first kappa shape index (κ1) is 23.3. The number of likely N-dealkylation sites (N-methyl/N-ethyl adjacent to an activating group) is 1. The first-order chi connectivity index (χ1) is 12.9. The molecule has 1 aromatic rings. The number of methoxy groups -OCH3 is 2. The van der Waals surface area contributed by atoms with E-state index in [-0.39, 0.29) is 0 Å². The fourth-order valence-electron chi connectivity index (χ4n) is 2.59. The average molecular weight is 394 g/mol. The third-order valence-electron chi connectivity index (χ3n) is 3.97. The normalized spacial score (nSPS) is 13.1. The molecule has 0 fully saturated rings. The second kappa shape index (κ2) is 9.43. The lowest BCUT2D eigenvalue weighted by atomic mass is 10.0. The molecule has 0 heterocycles. The number of esters is 1. The Morgan fingerprint density at radius 3 is 2.21 bits per heavy atom. The lowest BCUT2D eigenvalue weighted by molar-refractivity contribution is -0.145. The van der Waals surface area contributed by atoms with Gasteiger partial charge in [0, 0.05) is 7.05 Å². The molecule has 0 aromatic heterocycles. The van der Waals surface area contributed by atoms with E-state index < -0.39 is 35.7 Å².